The van der Waals surface area contributed by atoms with Gasteiger partial charge in [0.15, 0.2) is 11.6 Å². The molecule has 0 bridgehead atoms. The predicted octanol–water partition coefficient (Wildman–Crippen LogP) is 0.414. The standard InChI is InChI=1S/C12H12N6O2/c1-18-11(8(5-13)10(15)17-18)16-12(20)7-4-6(14)2-3-9(7)19/h2-4,19H,14H2,1H3,(H2,15,17)(H,16,20). The maximum atomic E-state index is 12.1. The average molecular weight is 272 g/mol. The van der Waals surface area contributed by atoms with E-state index in [0.717, 1.165) is 0 Å². The summed E-state index contributed by atoms with van der Waals surface area (Å²) < 4.78 is 1.27. The largest absolute Gasteiger partial charge is 0.507 e. The van der Waals surface area contributed by atoms with Gasteiger partial charge in [-0.25, -0.2) is 4.68 Å². The van der Waals surface area contributed by atoms with E-state index in [4.69, 9.17) is 16.7 Å². The number of benzene rings is 1. The summed E-state index contributed by atoms with van der Waals surface area (Å²) in [5.41, 5.74) is 11.5. The molecular formula is C12H12N6O2. The van der Waals surface area contributed by atoms with Gasteiger partial charge >= 0.3 is 0 Å². The first kappa shape index (κ1) is 13.2. The van der Waals surface area contributed by atoms with Gasteiger partial charge in [-0.2, -0.15) is 10.4 Å². The number of amides is 1. The number of hydrogen-bond acceptors (Lipinski definition) is 6. The van der Waals surface area contributed by atoms with Crippen LogP contribution in [0.2, 0.25) is 0 Å². The molecule has 8 heteroatoms. The fourth-order valence-corrected chi connectivity index (χ4v) is 1.71. The van der Waals surface area contributed by atoms with Crippen molar-refractivity contribution in [3.05, 3.63) is 29.3 Å². The number of carbonyl (C=O) groups excluding carboxylic acids is 1. The molecule has 0 fully saturated rings. The second-order valence-corrected chi connectivity index (χ2v) is 4.07. The Balaban J connectivity index is 2.38. The van der Waals surface area contributed by atoms with Gasteiger partial charge < -0.3 is 21.9 Å². The number of hydrogen-bond donors (Lipinski definition) is 4. The summed E-state index contributed by atoms with van der Waals surface area (Å²) in [6, 6.07) is 5.97. The average Bonchev–Trinajstić information content (AvgIpc) is 2.66. The zero-order valence-electron chi connectivity index (χ0n) is 10.6. The Hall–Kier alpha value is -3.21. The lowest BCUT2D eigenvalue weighted by molar-refractivity contribution is 0.102. The summed E-state index contributed by atoms with van der Waals surface area (Å²) in [6.07, 6.45) is 0. The number of carbonyl (C=O) groups is 1. The Bertz CT molecular complexity index is 728. The maximum Gasteiger partial charge on any atom is 0.260 e. The van der Waals surface area contributed by atoms with Crippen LogP contribution in [0.5, 0.6) is 5.75 Å². The minimum Gasteiger partial charge on any atom is -0.507 e. The Morgan fingerprint density at radius 1 is 1.50 bits per heavy atom. The Labute approximate surface area is 114 Å². The van der Waals surface area contributed by atoms with Crippen LogP contribution in [0, 0.1) is 11.3 Å². The highest BCUT2D eigenvalue weighted by Gasteiger charge is 2.18. The van der Waals surface area contributed by atoms with Crippen LogP contribution in [0.25, 0.3) is 0 Å². The molecule has 0 saturated heterocycles. The van der Waals surface area contributed by atoms with Gasteiger partial charge in [-0.3, -0.25) is 4.79 Å². The minimum absolute atomic E-state index is 0.00587. The van der Waals surface area contributed by atoms with Crippen molar-refractivity contribution in [2.24, 2.45) is 7.05 Å². The van der Waals surface area contributed by atoms with Gasteiger partial charge in [-0.05, 0) is 18.2 Å². The van der Waals surface area contributed by atoms with E-state index in [-0.39, 0.29) is 28.5 Å². The number of nitrogens with zero attached hydrogens (tertiary/aromatic N) is 3. The first-order valence-corrected chi connectivity index (χ1v) is 5.56. The van der Waals surface area contributed by atoms with Crippen molar-refractivity contribution in [2.45, 2.75) is 0 Å². The molecule has 20 heavy (non-hydrogen) atoms. The van der Waals surface area contributed by atoms with Crippen LogP contribution in [0.15, 0.2) is 18.2 Å². The van der Waals surface area contributed by atoms with Crippen LogP contribution in [-0.4, -0.2) is 20.8 Å². The molecule has 0 unspecified atom stereocenters. The molecule has 0 saturated carbocycles. The molecule has 0 atom stereocenters. The molecule has 1 aromatic carbocycles. The van der Waals surface area contributed by atoms with Gasteiger partial charge in [0, 0.05) is 12.7 Å². The fourth-order valence-electron chi connectivity index (χ4n) is 1.71. The molecule has 1 heterocycles. The third-order valence-corrected chi connectivity index (χ3v) is 2.68. The number of aromatic nitrogens is 2. The molecule has 2 rings (SSSR count). The highest BCUT2D eigenvalue weighted by Crippen LogP contribution is 2.24. The molecule has 1 aromatic heterocycles. The van der Waals surface area contributed by atoms with Crippen molar-refractivity contribution >= 4 is 23.2 Å². The highest BCUT2D eigenvalue weighted by molar-refractivity contribution is 6.07. The van der Waals surface area contributed by atoms with Crippen LogP contribution in [-0.2, 0) is 7.05 Å². The smallest absolute Gasteiger partial charge is 0.260 e. The number of rotatable bonds is 2. The molecule has 0 aliphatic carbocycles. The maximum absolute atomic E-state index is 12.1. The molecule has 0 radical (unpaired) electrons. The van der Waals surface area contributed by atoms with E-state index in [1.165, 1.54) is 29.9 Å². The molecule has 6 N–H and O–H groups in total. The Kier molecular flexibility index (Phi) is 3.18. The van der Waals surface area contributed by atoms with Crippen molar-refractivity contribution in [2.75, 3.05) is 16.8 Å². The van der Waals surface area contributed by atoms with Gasteiger partial charge in [-0.15, -0.1) is 0 Å². The van der Waals surface area contributed by atoms with Crippen molar-refractivity contribution in [1.82, 2.24) is 9.78 Å². The van der Waals surface area contributed by atoms with Gasteiger partial charge in [0.1, 0.15) is 17.4 Å². The second kappa shape index (κ2) is 4.81. The number of nitriles is 1. The van der Waals surface area contributed by atoms with Crippen LogP contribution in [0.4, 0.5) is 17.3 Å². The summed E-state index contributed by atoms with van der Waals surface area (Å²) in [6.45, 7) is 0. The molecule has 0 spiro atoms. The first-order chi connectivity index (χ1) is 9.43. The summed E-state index contributed by atoms with van der Waals surface area (Å²) in [5, 5.41) is 25.0. The molecule has 1 amide bonds. The molecule has 0 aliphatic rings. The van der Waals surface area contributed by atoms with Crippen molar-refractivity contribution < 1.29 is 9.90 Å². The summed E-state index contributed by atoms with van der Waals surface area (Å²) >= 11 is 0. The lowest BCUT2D eigenvalue weighted by Gasteiger charge is -2.08. The molecule has 0 aliphatic heterocycles. The normalized spacial score (nSPS) is 10.0. The summed E-state index contributed by atoms with van der Waals surface area (Å²) in [5.74, 6) is -0.668. The number of phenolic OH excluding ortho intramolecular Hbond substituents is 1. The van der Waals surface area contributed by atoms with E-state index >= 15 is 0 Å². The number of aryl methyl sites for hydroxylation is 1. The van der Waals surface area contributed by atoms with Crippen LogP contribution in [0.3, 0.4) is 0 Å². The van der Waals surface area contributed by atoms with Crippen LogP contribution < -0.4 is 16.8 Å². The Morgan fingerprint density at radius 3 is 2.85 bits per heavy atom. The fraction of sp³-hybridized carbons (Fsp3) is 0.0833. The van der Waals surface area contributed by atoms with Gasteiger partial charge in [0.05, 0.1) is 5.56 Å². The van der Waals surface area contributed by atoms with E-state index in [1.54, 1.807) is 0 Å². The monoisotopic (exact) mass is 272 g/mol. The molecule has 8 nitrogen and oxygen atoms in total. The van der Waals surface area contributed by atoms with Gasteiger partial charge in [0.2, 0.25) is 0 Å². The SMILES string of the molecule is Cn1nc(N)c(C#N)c1NC(=O)c1cc(N)ccc1O. The van der Waals surface area contributed by atoms with E-state index in [9.17, 15) is 9.90 Å². The van der Waals surface area contributed by atoms with E-state index in [2.05, 4.69) is 10.4 Å². The number of phenols is 1. The zero-order chi connectivity index (χ0) is 14.9. The van der Waals surface area contributed by atoms with Crippen molar-refractivity contribution in [3.8, 4) is 11.8 Å². The third-order valence-electron chi connectivity index (χ3n) is 2.68. The highest BCUT2D eigenvalue weighted by atomic mass is 16.3. The number of anilines is 3. The molecular weight excluding hydrogens is 260 g/mol. The van der Waals surface area contributed by atoms with Crippen molar-refractivity contribution in [3.63, 3.8) is 0 Å². The van der Waals surface area contributed by atoms with E-state index in [0.29, 0.717) is 5.69 Å². The third kappa shape index (κ3) is 2.20. The van der Waals surface area contributed by atoms with Crippen LogP contribution in [0.1, 0.15) is 15.9 Å². The van der Waals surface area contributed by atoms with Gasteiger partial charge in [0.25, 0.3) is 5.91 Å². The molecule has 2 aromatic rings. The minimum atomic E-state index is -0.616. The van der Waals surface area contributed by atoms with E-state index < -0.39 is 5.91 Å². The number of nitrogens with two attached hydrogens (primary N) is 2. The van der Waals surface area contributed by atoms with Crippen molar-refractivity contribution in [1.29, 1.82) is 5.26 Å². The summed E-state index contributed by atoms with van der Waals surface area (Å²) in [4.78, 5) is 12.1. The Morgan fingerprint density at radius 2 is 2.20 bits per heavy atom. The van der Waals surface area contributed by atoms with E-state index in [1.807, 2.05) is 6.07 Å². The number of nitrogen functional groups attached to an aromatic ring is 2. The van der Waals surface area contributed by atoms with Gasteiger partial charge in [-0.1, -0.05) is 0 Å². The first-order valence-electron chi connectivity index (χ1n) is 5.56. The lowest BCUT2D eigenvalue weighted by atomic mass is 10.1. The zero-order valence-corrected chi connectivity index (χ0v) is 10.6. The lowest BCUT2D eigenvalue weighted by Crippen LogP contribution is -2.15. The predicted molar refractivity (Wildman–Crippen MR) is 72.8 cm³/mol. The topological polar surface area (TPSA) is 143 Å². The molecule has 102 valence electrons. The number of nitrogens with one attached hydrogen (secondary N) is 1. The second-order valence-electron chi connectivity index (χ2n) is 4.07. The quantitative estimate of drug-likeness (QED) is 0.460. The van der Waals surface area contributed by atoms with Crippen LogP contribution >= 0.6 is 0 Å². The summed E-state index contributed by atoms with van der Waals surface area (Å²) in [7, 11) is 1.53. The number of aromatic hydroxyl groups is 1.